The van der Waals surface area contributed by atoms with Crippen molar-refractivity contribution >= 4 is 5.97 Å². The minimum absolute atomic E-state index is 0.219. The fraction of sp³-hybridized carbons (Fsp3) is 0.500. The number of aryl methyl sites for hydroxylation is 1. The van der Waals surface area contributed by atoms with Crippen molar-refractivity contribution in [2.75, 3.05) is 19.7 Å². The number of hydrogen-bond acceptors (Lipinski definition) is 3. The number of benzene rings is 1. The molecule has 1 N–H and O–H groups in total. The Hall–Kier alpha value is -1.39. The van der Waals surface area contributed by atoms with E-state index < -0.39 is 12.1 Å². The van der Waals surface area contributed by atoms with Gasteiger partial charge >= 0.3 is 5.97 Å². The van der Waals surface area contributed by atoms with E-state index in [4.69, 9.17) is 9.84 Å². The van der Waals surface area contributed by atoms with Gasteiger partial charge in [0, 0.05) is 19.1 Å². The van der Waals surface area contributed by atoms with Gasteiger partial charge in [-0.2, -0.15) is 0 Å². The minimum atomic E-state index is -0.878. The highest BCUT2D eigenvalue weighted by molar-refractivity contribution is 5.72. The first-order chi connectivity index (χ1) is 8.59. The van der Waals surface area contributed by atoms with Gasteiger partial charge in [-0.3, -0.25) is 4.90 Å². The van der Waals surface area contributed by atoms with E-state index in [1.54, 1.807) is 0 Å². The SMILES string of the molecule is Cc1ccccc1C(C)N1CCOC(C(=O)O)C1. The zero-order valence-electron chi connectivity index (χ0n) is 10.8. The summed E-state index contributed by atoms with van der Waals surface area (Å²) in [6, 6.07) is 8.45. The van der Waals surface area contributed by atoms with E-state index in [-0.39, 0.29) is 6.04 Å². The highest BCUT2D eigenvalue weighted by Crippen LogP contribution is 2.25. The van der Waals surface area contributed by atoms with Gasteiger partial charge in [0.2, 0.25) is 0 Å². The van der Waals surface area contributed by atoms with Gasteiger partial charge < -0.3 is 9.84 Å². The second-order valence-corrected chi connectivity index (χ2v) is 4.73. The lowest BCUT2D eigenvalue weighted by molar-refractivity contribution is -0.157. The Morgan fingerprint density at radius 2 is 2.22 bits per heavy atom. The van der Waals surface area contributed by atoms with Crippen molar-refractivity contribution in [2.45, 2.75) is 26.0 Å². The summed E-state index contributed by atoms with van der Waals surface area (Å²) in [5.74, 6) is -0.878. The van der Waals surface area contributed by atoms with Gasteiger partial charge in [0.25, 0.3) is 0 Å². The number of carbonyl (C=O) groups is 1. The molecule has 1 aromatic rings. The monoisotopic (exact) mass is 249 g/mol. The lowest BCUT2D eigenvalue weighted by atomic mass is 10.0. The molecular weight excluding hydrogens is 230 g/mol. The van der Waals surface area contributed by atoms with E-state index in [1.807, 2.05) is 12.1 Å². The maximum atomic E-state index is 11.0. The van der Waals surface area contributed by atoms with Crippen LogP contribution in [0.5, 0.6) is 0 Å². The quantitative estimate of drug-likeness (QED) is 0.888. The highest BCUT2D eigenvalue weighted by atomic mass is 16.5. The van der Waals surface area contributed by atoms with E-state index in [0.29, 0.717) is 13.2 Å². The van der Waals surface area contributed by atoms with E-state index in [1.165, 1.54) is 11.1 Å². The molecule has 0 radical (unpaired) electrons. The van der Waals surface area contributed by atoms with Crippen molar-refractivity contribution in [3.05, 3.63) is 35.4 Å². The Morgan fingerprint density at radius 3 is 2.89 bits per heavy atom. The number of carboxylic acid groups (broad SMARTS) is 1. The molecule has 2 rings (SSSR count). The van der Waals surface area contributed by atoms with E-state index in [2.05, 4.69) is 30.9 Å². The Morgan fingerprint density at radius 1 is 1.50 bits per heavy atom. The molecular formula is C14H19NO3. The van der Waals surface area contributed by atoms with Gasteiger partial charge in [-0.1, -0.05) is 24.3 Å². The van der Waals surface area contributed by atoms with Crippen molar-refractivity contribution < 1.29 is 14.6 Å². The van der Waals surface area contributed by atoms with E-state index in [0.717, 1.165) is 6.54 Å². The van der Waals surface area contributed by atoms with Gasteiger partial charge in [0.05, 0.1) is 6.61 Å². The maximum Gasteiger partial charge on any atom is 0.334 e. The molecule has 2 unspecified atom stereocenters. The molecule has 4 nitrogen and oxygen atoms in total. The van der Waals surface area contributed by atoms with Crippen LogP contribution in [0.15, 0.2) is 24.3 Å². The molecule has 0 bridgehead atoms. The molecule has 1 aliphatic rings. The lowest BCUT2D eigenvalue weighted by Crippen LogP contribution is -2.46. The molecule has 0 spiro atoms. The van der Waals surface area contributed by atoms with Crippen LogP contribution in [0, 0.1) is 6.92 Å². The Balaban J connectivity index is 2.11. The molecule has 1 fully saturated rings. The van der Waals surface area contributed by atoms with E-state index in [9.17, 15) is 4.79 Å². The average Bonchev–Trinajstić information content (AvgIpc) is 2.38. The first-order valence-electron chi connectivity index (χ1n) is 6.23. The van der Waals surface area contributed by atoms with Crippen LogP contribution in [0.1, 0.15) is 24.1 Å². The van der Waals surface area contributed by atoms with Crippen molar-refractivity contribution in [3.8, 4) is 0 Å². The van der Waals surface area contributed by atoms with Crippen LogP contribution in [-0.2, 0) is 9.53 Å². The number of carboxylic acids is 1. The summed E-state index contributed by atoms with van der Waals surface area (Å²) in [4.78, 5) is 13.1. The molecule has 0 saturated carbocycles. The average molecular weight is 249 g/mol. The number of rotatable bonds is 3. The number of aliphatic carboxylic acids is 1. The van der Waals surface area contributed by atoms with Gasteiger partial charge in [0.1, 0.15) is 0 Å². The highest BCUT2D eigenvalue weighted by Gasteiger charge is 2.29. The summed E-state index contributed by atoms with van der Waals surface area (Å²) in [5.41, 5.74) is 2.49. The van der Waals surface area contributed by atoms with Crippen molar-refractivity contribution in [3.63, 3.8) is 0 Å². The fourth-order valence-electron chi connectivity index (χ4n) is 2.42. The summed E-state index contributed by atoms with van der Waals surface area (Å²) < 4.78 is 5.24. The molecule has 18 heavy (non-hydrogen) atoms. The van der Waals surface area contributed by atoms with Crippen LogP contribution in [-0.4, -0.2) is 41.8 Å². The summed E-state index contributed by atoms with van der Waals surface area (Å²) in [6.07, 6.45) is -0.704. The zero-order valence-corrected chi connectivity index (χ0v) is 10.8. The largest absolute Gasteiger partial charge is 0.479 e. The van der Waals surface area contributed by atoms with Crippen molar-refractivity contribution in [2.24, 2.45) is 0 Å². The van der Waals surface area contributed by atoms with Gasteiger partial charge in [0.15, 0.2) is 6.10 Å². The third-order valence-corrected chi connectivity index (χ3v) is 3.56. The number of nitrogens with zero attached hydrogens (tertiary/aromatic N) is 1. The first kappa shape index (κ1) is 13.1. The molecule has 0 amide bonds. The zero-order chi connectivity index (χ0) is 13.1. The number of hydrogen-bond donors (Lipinski definition) is 1. The standard InChI is InChI=1S/C14H19NO3/c1-10-5-3-4-6-12(10)11(2)15-7-8-18-13(9-15)14(16)17/h3-6,11,13H,7-9H2,1-2H3,(H,16,17). The van der Waals surface area contributed by atoms with Crippen LogP contribution >= 0.6 is 0 Å². The summed E-state index contributed by atoms with van der Waals surface area (Å²) in [7, 11) is 0. The van der Waals surface area contributed by atoms with Crippen LogP contribution in [0.4, 0.5) is 0 Å². The normalized spacial score (nSPS) is 22.7. The van der Waals surface area contributed by atoms with Gasteiger partial charge in [-0.05, 0) is 25.0 Å². The third-order valence-electron chi connectivity index (χ3n) is 3.56. The molecule has 0 aromatic heterocycles. The first-order valence-corrected chi connectivity index (χ1v) is 6.23. The van der Waals surface area contributed by atoms with E-state index >= 15 is 0 Å². The minimum Gasteiger partial charge on any atom is -0.479 e. The molecule has 1 aliphatic heterocycles. The molecule has 98 valence electrons. The number of morpholine rings is 1. The Bertz CT molecular complexity index is 433. The topological polar surface area (TPSA) is 49.8 Å². The smallest absolute Gasteiger partial charge is 0.334 e. The Labute approximate surface area is 107 Å². The predicted molar refractivity (Wildman–Crippen MR) is 68.5 cm³/mol. The summed E-state index contributed by atoms with van der Waals surface area (Å²) in [6.45, 7) is 5.91. The third kappa shape index (κ3) is 2.71. The molecule has 1 aromatic carbocycles. The van der Waals surface area contributed by atoms with Crippen molar-refractivity contribution in [1.82, 2.24) is 4.90 Å². The summed E-state index contributed by atoms with van der Waals surface area (Å²) in [5, 5.41) is 9.01. The molecule has 0 aliphatic carbocycles. The molecule has 2 atom stereocenters. The van der Waals surface area contributed by atoms with Gasteiger partial charge in [-0.15, -0.1) is 0 Å². The van der Waals surface area contributed by atoms with Crippen LogP contribution in [0.25, 0.3) is 0 Å². The van der Waals surface area contributed by atoms with Crippen LogP contribution in [0.3, 0.4) is 0 Å². The number of ether oxygens (including phenoxy) is 1. The Kier molecular flexibility index (Phi) is 3.99. The second kappa shape index (κ2) is 5.50. The molecule has 1 heterocycles. The molecule has 1 saturated heterocycles. The van der Waals surface area contributed by atoms with Gasteiger partial charge in [-0.25, -0.2) is 4.79 Å². The molecule has 4 heteroatoms. The van der Waals surface area contributed by atoms with Crippen molar-refractivity contribution in [1.29, 1.82) is 0 Å². The summed E-state index contributed by atoms with van der Waals surface area (Å²) >= 11 is 0. The van der Waals surface area contributed by atoms with Crippen LogP contribution in [0.2, 0.25) is 0 Å². The maximum absolute atomic E-state index is 11.0. The van der Waals surface area contributed by atoms with Crippen LogP contribution < -0.4 is 0 Å². The predicted octanol–water partition coefficient (Wildman–Crippen LogP) is 1.84. The second-order valence-electron chi connectivity index (χ2n) is 4.73. The lowest BCUT2D eigenvalue weighted by Gasteiger charge is -2.36. The fourth-order valence-corrected chi connectivity index (χ4v) is 2.42.